The number of fused-ring (bicyclic) bond motifs is 1. The fourth-order valence-electron chi connectivity index (χ4n) is 2.25. The standard InChI is InChI=1S/C18H15NO3.C2H6/c1-12-6-7-14(18(20)21-2)10-17(12)22-16-5-3-4-13-8-9-19-11-15(13)16;1-2/h3-11H,1-2H3;1-2H3. The molecule has 3 rings (SSSR count). The molecule has 0 amide bonds. The van der Waals surface area contributed by atoms with Gasteiger partial charge in [0.2, 0.25) is 0 Å². The first-order valence-corrected chi connectivity index (χ1v) is 7.88. The van der Waals surface area contributed by atoms with Crippen molar-refractivity contribution in [3.63, 3.8) is 0 Å². The fraction of sp³-hybridized carbons (Fsp3) is 0.200. The van der Waals surface area contributed by atoms with Gasteiger partial charge in [-0.25, -0.2) is 4.79 Å². The third-order valence-corrected chi connectivity index (χ3v) is 3.47. The van der Waals surface area contributed by atoms with Crippen molar-refractivity contribution in [2.45, 2.75) is 20.8 Å². The van der Waals surface area contributed by atoms with Crippen LogP contribution in [0.1, 0.15) is 29.8 Å². The van der Waals surface area contributed by atoms with Crippen molar-refractivity contribution in [3.05, 3.63) is 66.0 Å². The van der Waals surface area contributed by atoms with Crippen LogP contribution in [0.5, 0.6) is 11.5 Å². The second-order valence-electron chi connectivity index (χ2n) is 4.93. The number of pyridine rings is 1. The van der Waals surface area contributed by atoms with E-state index in [4.69, 9.17) is 9.47 Å². The molecule has 0 aliphatic rings. The van der Waals surface area contributed by atoms with Crippen LogP contribution >= 0.6 is 0 Å². The van der Waals surface area contributed by atoms with Gasteiger partial charge < -0.3 is 9.47 Å². The van der Waals surface area contributed by atoms with Crippen molar-refractivity contribution >= 4 is 16.7 Å². The largest absolute Gasteiger partial charge is 0.465 e. The maximum Gasteiger partial charge on any atom is 0.337 e. The average Bonchev–Trinajstić information content (AvgIpc) is 2.65. The minimum Gasteiger partial charge on any atom is -0.465 e. The highest BCUT2D eigenvalue weighted by atomic mass is 16.5. The number of benzene rings is 2. The minimum absolute atomic E-state index is 0.385. The van der Waals surface area contributed by atoms with Crippen LogP contribution in [0.15, 0.2) is 54.9 Å². The average molecular weight is 323 g/mol. The number of esters is 1. The van der Waals surface area contributed by atoms with Gasteiger partial charge in [-0.05, 0) is 42.1 Å². The van der Waals surface area contributed by atoms with Gasteiger partial charge in [-0.3, -0.25) is 4.98 Å². The first-order valence-electron chi connectivity index (χ1n) is 7.88. The van der Waals surface area contributed by atoms with Crippen molar-refractivity contribution in [2.75, 3.05) is 7.11 Å². The number of aromatic nitrogens is 1. The van der Waals surface area contributed by atoms with Crippen molar-refractivity contribution < 1.29 is 14.3 Å². The molecule has 0 saturated carbocycles. The first-order chi connectivity index (χ1) is 11.7. The Morgan fingerprint density at radius 2 is 1.83 bits per heavy atom. The summed E-state index contributed by atoms with van der Waals surface area (Å²) in [7, 11) is 1.36. The Hall–Kier alpha value is -2.88. The zero-order chi connectivity index (χ0) is 17.5. The molecular formula is C20H21NO3. The van der Waals surface area contributed by atoms with E-state index < -0.39 is 0 Å². The molecule has 0 spiro atoms. The Morgan fingerprint density at radius 1 is 1.04 bits per heavy atom. The third kappa shape index (κ3) is 3.71. The molecular weight excluding hydrogens is 302 g/mol. The summed E-state index contributed by atoms with van der Waals surface area (Å²) in [6.07, 6.45) is 3.51. The Balaban J connectivity index is 0.00000100. The molecule has 1 heterocycles. The lowest BCUT2D eigenvalue weighted by molar-refractivity contribution is 0.0600. The van der Waals surface area contributed by atoms with Gasteiger partial charge in [0.15, 0.2) is 0 Å². The fourth-order valence-corrected chi connectivity index (χ4v) is 2.25. The van der Waals surface area contributed by atoms with Crippen LogP contribution in [-0.4, -0.2) is 18.1 Å². The monoisotopic (exact) mass is 323 g/mol. The maximum atomic E-state index is 11.7. The van der Waals surface area contributed by atoms with Gasteiger partial charge in [-0.2, -0.15) is 0 Å². The summed E-state index contributed by atoms with van der Waals surface area (Å²) in [4.78, 5) is 15.8. The molecule has 4 heteroatoms. The van der Waals surface area contributed by atoms with Crippen molar-refractivity contribution in [3.8, 4) is 11.5 Å². The molecule has 4 nitrogen and oxygen atoms in total. The number of carbonyl (C=O) groups excluding carboxylic acids is 1. The highest BCUT2D eigenvalue weighted by Gasteiger charge is 2.11. The predicted molar refractivity (Wildman–Crippen MR) is 95.7 cm³/mol. The molecule has 0 unspecified atom stereocenters. The van der Waals surface area contributed by atoms with Gasteiger partial charge in [0.1, 0.15) is 11.5 Å². The topological polar surface area (TPSA) is 48.4 Å². The molecule has 3 aromatic rings. The van der Waals surface area contributed by atoms with E-state index in [1.165, 1.54) is 7.11 Å². The lowest BCUT2D eigenvalue weighted by Crippen LogP contribution is -2.01. The summed E-state index contributed by atoms with van der Waals surface area (Å²) in [6, 6.07) is 13.0. The minimum atomic E-state index is -0.385. The molecule has 0 saturated heterocycles. The summed E-state index contributed by atoms with van der Waals surface area (Å²) < 4.78 is 10.8. The highest BCUT2D eigenvalue weighted by Crippen LogP contribution is 2.31. The molecule has 124 valence electrons. The Morgan fingerprint density at radius 3 is 2.58 bits per heavy atom. The van der Waals surface area contributed by atoms with Crippen LogP contribution < -0.4 is 4.74 Å². The van der Waals surface area contributed by atoms with Crippen LogP contribution in [0.4, 0.5) is 0 Å². The number of hydrogen-bond donors (Lipinski definition) is 0. The zero-order valence-corrected chi connectivity index (χ0v) is 14.4. The van der Waals surface area contributed by atoms with Crippen LogP contribution in [0.3, 0.4) is 0 Å². The summed E-state index contributed by atoms with van der Waals surface area (Å²) in [5.41, 5.74) is 1.40. The van der Waals surface area contributed by atoms with Gasteiger partial charge in [0.25, 0.3) is 0 Å². The lowest BCUT2D eigenvalue weighted by atomic mass is 10.1. The predicted octanol–water partition coefficient (Wildman–Crippen LogP) is 5.15. The van der Waals surface area contributed by atoms with E-state index in [1.54, 1.807) is 24.5 Å². The third-order valence-electron chi connectivity index (χ3n) is 3.47. The normalized spacial score (nSPS) is 9.83. The van der Waals surface area contributed by atoms with E-state index in [0.29, 0.717) is 17.1 Å². The van der Waals surface area contributed by atoms with E-state index >= 15 is 0 Å². The molecule has 0 N–H and O–H groups in total. The molecule has 0 bridgehead atoms. The summed E-state index contributed by atoms with van der Waals surface area (Å²) in [5, 5.41) is 1.97. The molecule has 0 aliphatic carbocycles. The summed E-state index contributed by atoms with van der Waals surface area (Å²) >= 11 is 0. The quantitative estimate of drug-likeness (QED) is 0.626. The van der Waals surface area contributed by atoms with Gasteiger partial charge in [-0.15, -0.1) is 0 Å². The van der Waals surface area contributed by atoms with Crippen molar-refractivity contribution in [2.24, 2.45) is 0 Å². The second-order valence-corrected chi connectivity index (χ2v) is 4.93. The zero-order valence-electron chi connectivity index (χ0n) is 14.4. The second kappa shape index (κ2) is 8.11. The van der Waals surface area contributed by atoms with E-state index in [2.05, 4.69) is 4.98 Å². The Labute approximate surface area is 142 Å². The van der Waals surface area contributed by atoms with Gasteiger partial charge in [0, 0.05) is 17.8 Å². The van der Waals surface area contributed by atoms with E-state index in [0.717, 1.165) is 16.3 Å². The number of nitrogens with zero attached hydrogens (tertiary/aromatic N) is 1. The van der Waals surface area contributed by atoms with E-state index in [1.807, 2.05) is 51.1 Å². The molecule has 2 aromatic carbocycles. The van der Waals surface area contributed by atoms with Crippen LogP contribution in [0.2, 0.25) is 0 Å². The Kier molecular flexibility index (Phi) is 5.90. The molecule has 0 fully saturated rings. The summed E-state index contributed by atoms with van der Waals surface area (Å²) in [5.74, 6) is 0.944. The maximum absolute atomic E-state index is 11.7. The molecule has 1 aromatic heterocycles. The highest BCUT2D eigenvalue weighted by molar-refractivity contribution is 5.90. The number of aryl methyl sites for hydroxylation is 1. The van der Waals surface area contributed by atoms with E-state index in [-0.39, 0.29) is 5.97 Å². The number of carbonyl (C=O) groups is 1. The Bertz CT molecular complexity index is 838. The number of methoxy groups -OCH3 is 1. The first kappa shape index (κ1) is 17.5. The van der Waals surface area contributed by atoms with Crippen LogP contribution in [-0.2, 0) is 4.74 Å². The lowest BCUT2D eigenvalue weighted by Gasteiger charge is -2.12. The smallest absolute Gasteiger partial charge is 0.337 e. The molecule has 0 radical (unpaired) electrons. The van der Waals surface area contributed by atoms with Gasteiger partial charge in [-0.1, -0.05) is 32.0 Å². The van der Waals surface area contributed by atoms with Crippen LogP contribution in [0, 0.1) is 6.92 Å². The molecule has 0 aliphatic heterocycles. The van der Waals surface area contributed by atoms with Crippen molar-refractivity contribution in [1.82, 2.24) is 4.98 Å². The molecule has 0 atom stereocenters. The number of ether oxygens (including phenoxy) is 2. The van der Waals surface area contributed by atoms with Gasteiger partial charge >= 0.3 is 5.97 Å². The van der Waals surface area contributed by atoms with Crippen molar-refractivity contribution in [1.29, 1.82) is 0 Å². The van der Waals surface area contributed by atoms with E-state index in [9.17, 15) is 4.79 Å². The van der Waals surface area contributed by atoms with Gasteiger partial charge in [0.05, 0.1) is 12.7 Å². The van der Waals surface area contributed by atoms with Crippen LogP contribution in [0.25, 0.3) is 10.8 Å². The molecule has 24 heavy (non-hydrogen) atoms. The summed E-state index contributed by atoms with van der Waals surface area (Å²) in [6.45, 7) is 5.93. The number of hydrogen-bond acceptors (Lipinski definition) is 4. The SMILES string of the molecule is CC.COC(=O)c1ccc(C)c(Oc2cccc3ccncc23)c1. The number of rotatable bonds is 3.